The Hall–Kier alpha value is -2.81. The van der Waals surface area contributed by atoms with Crippen LogP contribution in [-0.4, -0.2) is 37.9 Å². The Labute approximate surface area is 177 Å². The summed E-state index contributed by atoms with van der Waals surface area (Å²) < 4.78 is 0.979. The van der Waals surface area contributed by atoms with Crippen molar-refractivity contribution in [1.82, 2.24) is 25.3 Å². The van der Waals surface area contributed by atoms with E-state index >= 15 is 0 Å². The van der Waals surface area contributed by atoms with Crippen LogP contribution < -0.4 is 16.0 Å². The highest BCUT2D eigenvalue weighted by Crippen LogP contribution is 2.25. The molecule has 3 aromatic rings. The lowest BCUT2D eigenvalue weighted by atomic mass is 9.91. The highest BCUT2D eigenvalue weighted by molar-refractivity contribution is 9.10. The van der Waals surface area contributed by atoms with Gasteiger partial charge in [0.15, 0.2) is 5.82 Å². The Bertz CT molecular complexity index is 1020. The Morgan fingerprint density at radius 3 is 2.66 bits per heavy atom. The first-order valence-electron chi connectivity index (χ1n) is 9.61. The van der Waals surface area contributed by atoms with Crippen molar-refractivity contribution in [1.29, 1.82) is 0 Å². The lowest BCUT2D eigenvalue weighted by molar-refractivity contribution is -0.119. The summed E-state index contributed by atoms with van der Waals surface area (Å²) in [7, 11) is 0. The van der Waals surface area contributed by atoms with E-state index in [9.17, 15) is 4.79 Å². The Morgan fingerprint density at radius 2 is 1.90 bits per heavy atom. The summed E-state index contributed by atoms with van der Waals surface area (Å²) in [6.45, 7) is 1.56. The number of hydrogen-bond acceptors (Lipinski definition) is 7. The van der Waals surface area contributed by atoms with Crippen LogP contribution in [0.3, 0.4) is 0 Å². The predicted octanol–water partition coefficient (Wildman–Crippen LogP) is 3.79. The molecule has 0 atom stereocenters. The molecular weight excluding hydrogens is 434 g/mol. The van der Waals surface area contributed by atoms with Crippen molar-refractivity contribution in [3.63, 3.8) is 0 Å². The van der Waals surface area contributed by atoms with Crippen LogP contribution in [-0.2, 0) is 4.79 Å². The smallest absolute Gasteiger partial charge is 0.223 e. The second-order valence-corrected chi connectivity index (χ2v) is 8.09. The molecule has 0 bridgehead atoms. The van der Waals surface area contributed by atoms with Crippen molar-refractivity contribution in [3.05, 3.63) is 41.3 Å². The third-order valence-electron chi connectivity index (χ3n) is 4.93. The van der Waals surface area contributed by atoms with E-state index in [-0.39, 0.29) is 18.0 Å². The molecule has 2 aromatic heterocycles. The molecule has 1 amide bonds. The van der Waals surface area contributed by atoms with E-state index in [0.717, 1.165) is 35.8 Å². The summed E-state index contributed by atoms with van der Waals surface area (Å²) in [6, 6.07) is 8.40. The van der Waals surface area contributed by atoms with Crippen molar-refractivity contribution < 1.29 is 4.79 Å². The molecule has 0 unspecified atom stereocenters. The van der Waals surface area contributed by atoms with Crippen LogP contribution in [0.5, 0.6) is 0 Å². The third-order valence-corrected chi connectivity index (χ3v) is 5.43. The van der Waals surface area contributed by atoms with Gasteiger partial charge in [0.1, 0.15) is 17.4 Å². The number of anilines is 3. The topological polar surface area (TPSA) is 105 Å². The summed E-state index contributed by atoms with van der Waals surface area (Å²) in [5.41, 5.74) is 2.25. The molecule has 9 heteroatoms. The van der Waals surface area contributed by atoms with Gasteiger partial charge in [0.25, 0.3) is 0 Å². The van der Waals surface area contributed by atoms with Gasteiger partial charge in [-0.25, -0.2) is 19.9 Å². The maximum Gasteiger partial charge on any atom is 0.223 e. The van der Waals surface area contributed by atoms with Crippen molar-refractivity contribution in [2.45, 2.75) is 44.7 Å². The molecule has 0 saturated heterocycles. The zero-order valence-electron chi connectivity index (χ0n) is 16.0. The number of carbonyl (C=O) groups is 1. The molecule has 1 aliphatic carbocycles. The number of amides is 1. The fourth-order valence-corrected chi connectivity index (χ4v) is 3.97. The standard InChI is InChI=1S/C20H22BrN7O/c1-12(29)25-14-5-7-15(8-6-14)27-20-22-10-17-18(28-20)19(24-11-23-17)26-16-4-2-3-13(21)9-16/h2-4,9-11,14-15H,5-8H2,1H3,(H,25,29)(H,22,27,28)(H,23,24,26). The SMILES string of the molecule is CC(=O)NC1CCC(Nc2ncc3ncnc(Nc4cccc(Br)c4)c3n2)CC1. The predicted molar refractivity (Wildman–Crippen MR) is 116 cm³/mol. The molecule has 0 spiro atoms. The van der Waals surface area contributed by atoms with Gasteiger partial charge in [0.2, 0.25) is 11.9 Å². The van der Waals surface area contributed by atoms with Crippen LogP contribution in [0.4, 0.5) is 17.5 Å². The first-order chi connectivity index (χ1) is 14.1. The lowest BCUT2D eigenvalue weighted by Crippen LogP contribution is -2.39. The summed E-state index contributed by atoms with van der Waals surface area (Å²) in [6.07, 6.45) is 7.03. The number of nitrogens with zero attached hydrogens (tertiary/aromatic N) is 4. The fraction of sp³-hybridized carbons (Fsp3) is 0.350. The molecule has 1 aromatic carbocycles. The van der Waals surface area contributed by atoms with E-state index in [4.69, 9.17) is 0 Å². The fourth-order valence-electron chi connectivity index (χ4n) is 3.57. The monoisotopic (exact) mass is 455 g/mol. The number of fused-ring (bicyclic) bond motifs is 1. The molecule has 150 valence electrons. The van der Waals surface area contributed by atoms with E-state index in [1.165, 1.54) is 6.33 Å². The third kappa shape index (κ3) is 4.97. The Balaban J connectivity index is 1.49. The number of carbonyl (C=O) groups excluding carboxylic acids is 1. The van der Waals surface area contributed by atoms with Gasteiger partial charge < -0.3 is 16.0 Å². The number of hydrogen-bond donors (Lipinski definition) is 3. The van der Waals surface area contributed by atoms with Crippen molar-refractivity contribution in [2.75, 3.05) is 10.6 Å². The van der Waals surface area contributed by atoms with Gasteiger partial charge in [-0.2, -0.15) is 0 Å². The van der Waals surface area contributed by atoms with Crippen LogP contribution in [0.25, 0.3) is 11.0 Å². The van der Waals surface area contributed by atoms with E-state index in [2.05, 4.69) is 51.8 Å². The first kappa shape index (κ1) is 19.5. The molecule has 8 nitrogen and oxygen atoms in total. The molecule has 2 heterocycles. The molecule has 1 aliphatic rings. The van der Waals surface area contributed by atoms with Crippen LogP contribution in [0, 0.1) is 0 Å². The summed E-state index contributed by atoms with van der Waals surface area (Å²) in [5, 5.41) is 9.72. The highest BCUT2D eigenvalue weighted by Gasteiger charge is 2.22. The minimum absolute atomic E-state index is 0.0322. The summed E-state index contributed by atoms with van der Waals surface area (Å²) in [4.78, 5) is 28.9. The van der Waals surface area contributed by atoms with E-state index in [1.54, 1.807) is 13.1 Å². The minimum atomic E-state index is 0.0322. The maximum atomic E-state index is 11.2. The van der Waals surface area contributed by atoms with Gasteiger partial charge in [0.05, 0.1) is 6.20 Å². The minimum Gasteiger partial charge on any atom is -0.354 e. The molecule has 1 saturated carbocycles. The highest BCUT2D eigenvalue weighted by atomic mass is 79.9. The van der Waals surface area contributed by atoms with Gasteiger partial charge in [-0.15, -0.1) is 0 Å². The average Bonchev–Trinajstić information content (AvgIpc) is 2.70. The zero-order valence-corrected chi connectivity index (χ0v) is 17.6. The first-order valence-corrected chi connectivity index (χ1v) is 10.4. The Morgan fingerprint density at radius 1 is 1.10 bits per heavy atom. The largest absolute Gasteiger partial charge is 0.354 e. The summed E-state index contributed by atoms with van der Waals surface area (Å²) in [5.74, 6) is 1.23. The van der Waals surface area contributed by atoms with Crippen LogP contribution in [0.2, 0.25) is 0 Å². The van der Waals surface area contributed by atoms with Crippen molar-refractivity contribution >= 4 is 50.3 Å². The van der Waals surface area contributed by atoms with Gasteiger partial charge in [-0.05, 0) is 43.9 Å². The normalized spacial score (nSPS) is 19.0. The number of rotatable bonds is 5. The quantitative estimate of drug-likeness (QED) is 0.537. The zero-order chi connectivity index (χ0) is 20.2. The van der Waals surface area contributed by atoms with Crippen LogP contribution in [0.15, 0.2) is 41.3 Å². The summed E-state index contributed by atoms with van der Waals surface area (Å²) >= 11 is 3.48. The van der Waals surface area contributed by atoms with Crippen molar-refractivity contribution in [3.8, 4) is 0 Å². The molecule has 0 aliphatic heterocycles. The molecule has 1 fully saturated rings. The molecule has 29 heavy (non-hydrogen) atoms. The van der Waals surface area contributed by atoms with E-state index < -0.39 is 0 Å². The van der Waals surface area contributed by atoms with Crippen LogP contribution >= 0.6 is 15.9 Å². The second kappa shape index (κ2) is 8.69. The van der Waals surface area contributed by atoms with E-state index in [1.807, 2.05) is 24.3 Å². The molecule has 0 radical (unpaired) electrons. The van der Waals surface area contributed by atoms with E-state index in [0.29, 0.717) is 22.8 Å². The average molecular weight is 456 g/mol. The van der Waals surface area contributed by atoms with Crippen molar-refractivity contribution in [2.24, 2.45) is 0 Å². The maximum absolute atomic E-state index is 11.2. The van der Waals surface area contributed by atoms with Gasteiger partial charge in [-0.1, -0.05) is 22.0 Å². The van der Waals surface area contributed by atoms with Gasteiger partial charge >= 0.3 is 0 Å². The Kier molecular flexibility index (Phi) is 5.84. The van der Waals surface area contributed by atoms with Crippen LogP contribution in [0.1, 0.15) is 32.6 Å². The second-order valence-electron chi connectivity index (χ2n) is 7.18. The lowest BCUT2D eigenvalue weighted by Gasteiger charge is -2.29. The molecular formula is C20H22BrN7O. The molecule has 4 rings (SSSR count). The van der Waals surface area contributed by atoms with Gasteiger partial charge in [0, 0.05) is 29.2 Å². The number of nitrogens with one attached hydrogen (secondary N) is 3. The number of benzene rings is 1. The number of aromatic nitrogens is 4. The number of halogens is 1. The molecule has 3 N–H and O–H groups in total. The van der Waals surface area contributed by atoms with Gasteiger partial charge in [-0.3, -0.25) is 4.79 Å².